The highest BCUT2D eigenvalue weighted by Crippen LogP contribution is 2.24. The standard InChI is InChI=1S/C17H12Cl2N2O2/c1-23-13-4-2-10-6-12(9-20-16(10)8-13)21-17(22)11-3-5-14(18)15(19)7-11/h2-9H,1H3,(H,21,22). The highest BCUT2D eigenvalue weighted by Gasteiger charge is 2.09. The summed E-state index contributed by atoms with van der Waals surface area (Å²) in [6.07, 6.45) is 1.59. The smallest absolute Gasteiger partial charge is 0.255 e. The van der Waals surface area contributed by atoms with Gasteiger partial charge in [0.25, 0.3) is 5.91 Å². The fraction of sp³-hybridized carbons (Fsp3) is 0.0588. The molecule has 0 aliphatic rings. The molecule has 23 heavy (non-hydrogen) atoms. The van der Waals surface area contributed by atoms with Gasteiger partial charge in [-0.1, -0.05) is 23.2 Å². The number of hydrogen-bond acceptors (Lipinski definition) is 3. The van der Waals surface area contributed by atoms with E-state index in [0.29, 0.717) is 21.3 Å². The summed E-state index contributed by atoms with van der Waals surface area (Å²) in [5, 5.41) is 4.44. The van der Waals surface area contributed by atoms with Crippen LogP contribution in [0, 0.1) is 0 Å². The quantitative estimate of drug-likeness (QED) is 0.740. The van der Waals surface area contributed by atoms with Crippen LogP contribution in [0.1, 0.15) is 10.4 Å². The molecule has 3 rings (SSSR count). The largest absolute Gasteiger partial charge is 0.497 e. The van der Waals surface area contributed by atoms with Crippen molar-refractivity contribution < 1.29 is 9.53 Å². The number of benzene rings is 2. The zero-order valence-electron chi connectivity index (χ0n) is 12.1. The first kappa shape index (κ1) is 15.6. The van der Waals surface area contributed by atoms with Crippen molar-refractivity contribution in [1.29, 1.82) is 0 Å². The Kier molecular flexibility index (Phi) is 4.37. The van der Waals surface area contributed by atoms with Gasteiger partial charge in [0.2, 0.25) is 0 Å². The summed E-state index contributed by atoms with van der Waals surface area (Å²) in [6.45, 7) is 0. The molecule has 1 amide bonds. The lowest BCUT2D eigenvalue weighted by Crippen LogP contribution is -2.12. The topological polar surface area (TPSA) is 51.2 Å². The van der Waals surface area contributed by atoms with Crippen LogP contribution in [-0.2, 0) is 0 Å². The lowest BCUT2D eigenvalue weighted by atomic mass is 10.2. The lowest BCUT2D eigenvalue weighted by Gasteiger charge is -2.08. The number of carbonyl (C=O) groups is 1. The molecule has 0 fully saturated rings. The number of aromatic nitrogens is 1. The van der Waals surface area contributed by atoms with Crippen molar-refractivity contribution in [2.45, 2.75) is 0 Å². The molecule has 0 spiro atoms. The van der Waals surface area contributed by atoms with Crippen molar-refractivity contribution in [3.63, 3.8) is 0 Å². The van der Waals surface area contributed by atoms with Crippen molar-refractivity contribution in [2.24, 2.45) is 0 Å². The molecule has 2 aromatic carbocycles. The van der Waals surface area contributed by atoms with Gasteiger partial charge in [-0.15, -0.1) is 0 Å². The molecule has 0 bridgehead atoms. The molecule has 0 saturated carbocycles. The Hall–Kier alpha value is -2.30. The minimum absolute atomic E-state index is 0.279. The Morgan fingerprint density at radius 2 is 1.91 bits per heavy atom. The van der Waals surface area contributed by atoms with Crippen molar-refractivity contribution >= 4 is 45.7 Å². The molecule has 1 aromatic heterocycles. The minimum Gasteiger partial charge on any atom is -0.497 e. The highest BCUT2D eigenvalue weighted by atomic mass is 35.5. The predicted molar refractivity (Wildman–Crippen MR) is 92.7 cm³/mol. The van der Waals surface area contributed by atoms with Gasteiger partial charge in [-0.2, -0.15) is 0 Å². The third kappa shape index (κ3) is 3.38. The molecule has 116 valence electrons. The molecular formula is C17H12Cl2N2O2. The molecule has 0 atom stereocenters. The van der Waals surface area contributed by atoms with Gasteiger partial charge >= 0.3 is 0 Å². The van der Waals surface area contributed by atoms with Crippen LogP contribution in [0.25, 0.3) is 10.9 Å². The summed E-state index contributed by atoms with van der Waals surface area (Å²) in [5.41, 5.74) is 1.81. The van der Waals surface area contributed by atoms with E-state index >= 15 is 0 Å². The highest BCUT2D eigenvalue weighted by molar-refractivity contribution is 6.42. The molecular weight excluding hydrogens is 335 g/mol. The maximum absolute atomic E-state index is 12.3. The predicted octanol–water partition coefficient (Wildman–Crippen LogP) is 4.80. The molecule has 0 aliphatic heterocycles. The molecule has 0 aliphatic carbocycles. The first-order chi connectivity index (χ1) is 11.1. The second-order valence-electron chi connectivity index (χ2n) is 4.87. The number of carbonyl (C=O) groups excluding carboxylic acids is 1. The molecule has 0 saturated heterocycles. The van der Waals surface area contributed by atoms with Crippen LogP contribution in [-0.4, -0.2) is 18.0 Å². The van der Waals surface area contributed by atoms with Gasteiger partial charge in [0.1, 0.15) is 5.75 Å². The van der Waals surface area contributed by atoms with E-state index in [1.807, 2.05) is 24.3 Å². The number of pyridine rings is 1. The minimum atomic E-state index is -0.279. The van der Waals surface area contributed by atoms with Gasteiger partial charge < -0.3 is 10.1 Å². The number of hydrogen-bond donors (Lipinski definition) is 1. The Morgan fingerprint density at radius 1 is 1.09 bits per heavy atom. The van der Waals surface area contributed by atoms with E-state index in [4.69, 9.17) is 27.9 Å². The number of anilines is 1. The van der Waals surface area contributed by atoms with E-state index in [9.17, 15) is 4.79 Å². The van der Waals surface area contributed by atoms with Crippen LogP contribution in [0.4, 0.5) is 5.69 Å². The van der Waals surface area contributed by atoms with Gasteiger partial charge in [-0.05, 0) is 36.4 Å². The number of amides is 1. The Balaban J connectivity index is 1.85. The van der Waals surface area contributed by atoms with Crippen LogP contribution < -0.4 is 10.1 Å². The molecule has 4 nitrogen and oxygen atoms in total. The summed E-state index contributed by atoms with van der Waals surface area (Å²) >= 11 is 11.8. The second-order valence-corrected chi connectivity index (χ2v) is 5.68. The van der Waals surface area contributed by atoms with E-state index in [0.717, 1.165) is 16.7 Å². The van der Waals surface area contributed by atoms with Crippen molar-refractivity contribution in [1.82, 2.24) is 4.98 Å². The SMILES string of the molecule is COc1ccc2cc(NC(=O)c3ccc(Cl)c(Cl)c3)cnc2c1. The molecule has 3 aromatic rings. The number of ether oxygens (including phenoxy) is 1. The van der Waals surface area contributed by atoms with Crippen molar-refractivity contribution in [2.75, 3.05) is 12.4 Å². The average Bonchev–Trinajstić information content (AvgIpc) is 2.56. The third-order valence-corrected chi connectivity index (χ3v) is 4.07. The van der Waals surface area contributed by atoms with Crippen molar-refractivity contribution in [3.05, 3.63) is 64.3 Å². The summed E-state index contributed by atoms with van der Waals surface area (Å²) in [7, 11) is 1.60. The zero-order chi connectivity index (χ0) is 16.4. The van der Waals surface area contributed by atoms with Crippen LogP contribution in [0.2, 0.25) is 10.0 Å². The van der Waals surface area contributed by atoms with E-state index in [-0.39, 0.29) is 5.91 Å². The van der Waals surface area contributed by atoms with Crippen molar-refractivity contribution in [3.8, 4) is 5.75 Å². The summed E-state index contributed by atoms with van der Waals surface area (Å²) in [6, 6.07) is 12.1. The summed E-state index contributed by atoms with van der Waals surface area (Å²) in [4.78, 5) is 16.6. The zero-order valence-corrected chi connectivity index (χ0v) is 13.7. The monoisotopic (exact) mass is 346 g/mol. The number of fused-ring (bicyclic) bond motifs is 1. The van der Waals surface area contributed by atoms with Crippen LogP contribution in [0.15, 0.2) is 48.7 Å². The van der Waals surface area contributed by atoms with Gasteiger partial charge in [0, 0.05) is 17.0 Å². The Bertz CT molecular complexity index is 897. The number of nitrogens with one attached hydrogen (secondary N) is 1. The van der Waals surface area contributed by atoms with E-state index in [1.165, 1.54) is 6.07 Å². The molecule has 1 N–H and O–H groups in total. The fourth-order valence-electron chi connectivity index (χ4n) is 2.14. The molecule has 6 heteroatoms. The normalized spacial score (nSPS) is 10.6. The van der Waals surface area contributed by atoms with Gasteiger partial charge in [-0.3, -0.25) is 9.78 Å². The first-order valence-electron chi connectivity index (χ1n) is 6.77. The van der Waals surface area contributed by atoms with Gasteiger partial charge in [0.05, 0.1) is 34.6 Å². The maximum Gasteiger partial charge on any atom is 0.255 e. The van der Waals surface area contributed by atoms with E-state index in [1.54, 1.807) is 25.4 Å². The molecule has 0 radical (unpaired) electrons. The van der Waals surface area contributed by atoms with E-state index in [2.05, 4.69) is 10.3 Å². The lowest BCUT2D eigenvalue weighted by molar-refractivity contribution is 0.102. The summed E-state index contributed by atoms with van der Waals surface area (Å²) in [5.74, 6) is 0.454. The fourth-order valence-corrected chi connectivity index (χ4v) is 2.44. The van der Waals surface area contributed by atoms with Crippen LogP contribution >= 0.6 is 23.2 Å². The third-order valence-electron chi connectivity index (χ3n) is 3.33. The van der Waals surface area contributed by atoms with Crippen LogP contribution in [0.3, 0.4) is 0 Å². The molecule has 1 heterocycles. The number of methoxy groups -OCH3 is 1. The van der Waals surface area contributed by atoms with Gasteiger partial charge in [0.15, 0.2) is 0 Å². The molecule has 0 unspecified atom stereocenters. The van der Waals surface area contributed by atoms with Crippen LogP contribution in [0.5, 0.6) is 5.75 Å². The van der Waals surface area contributed by atoms with Gasteiger partial charge in [-0.25, -0.2) is 0 Å². The second kappa shape index (κ2) is 6.44. The maximum atomic E-state index is 12.3. The number of rotatable bonds is 3. The first-order valence-corrected chi connectivity index (χ1v) is 7.52. The number of nitrogens with zero attached hydrogens (tertiary/aromatic N) is 1. The number of halogens is 2. The Morgan fingerprint density at radius 3 is 2.65 bits per heavy atom. The average molecular weight is 347 g/mol. The van der Waals surface area contributed by atoms with E-state index < -0.39 is 0 Å². The summed E-state index contributed by atoms with van der Waals surface area (Å²) < 4.78 is 5.16. The Labute approximate surface area is 143 Å².